The SMILES string of the molecule is CCCCCCCCCCCC(=O)OCCOCC(=O)OC(C)(C)C. The van der Waals surface area contributed by atoms with Crippen LogP contribution in [-0.4, -0.2) is 37.4 Å². The van der Waals surface area contributed by atoms with Crippen LogP contribution < -0.4 is 0 Å². The average Bonchev–Trinajstić information content (AvgIpc) is 2.51. The quantitative estimate of drug-likeness (QED) is 0.310. The maximum Gasteiger partial charge on any atom is 0.332 e. The van der Waals surface area contributed by atoms with Gasteiger partial charge in [0.1, 0.15) is 18.8 Å². The van der Waals surface area contributed by atoms with Gasteiger partial charge in [0.2, 0.25) is 0 Å². The Kier molecular flexibility index (Phi) is 14.5. The van der Waals surface area contributed by atoms with E-state index in [1.54, 1.807) is 20.8 Å². The van der Waals surface area contributed by atoms with Crippen LogP contribution in [0.1, 0.15) is 91.9 Å². The van der Waals surface area contributed by atoms with Crippen molar-refractivity contribution in [3.8, 4) is 0 Å². The first-order chi connectivity index (χ1) is 11.8. The summed E-state index contributed by atoms with van der Waals surface area (Å²) in [6.07, 6.45) is 11.5. The molecule has 0 saturated heterocycles. The number of ether oxygens (including phenoxy) is 3. The van der Waals surface area contributed by atoms with Crippen LogP contribution >= 0.6 is 0 Å². The van der Waals surface area contributed by atoms with E-state index in [1.165, 1.54) is 44.9 Å². The first-order valence-electron chi connectivity index (χ1n) is 9.80. The molecule has 0 spiro atoms. The molecule has 0 amide bonds. The van der Waals surface area contributed by atoms with Crippen molar-refractivity contribution in [2.75, 3.05) is 19.8 Å². The minimum Gasteiger partial charge on any atom is -0.463 e. The van der Waals surface area contributed by atoms with E-state index in [0.29, 0.717) is 6.42 Å². The fourth-order valence-corrected chi connectivity index (χ4v) is 2.39. The van der Waals surface area contributed by atoms with Gasteiger partial charge in [-0.1, -0.05) is 58.3 Å². The van der Waals surface area contributed by atoms with Gasteiger partial charge in [0.05, 0.1) is 6.61 Å². The Hall–Kier alpha value is -1.10. The second-order valence-electron chi connectivity index (χ2n) is 7.44. The molecular formula is C20H38O5. The topological polar surface area (TPSA) is 61.8 Å². The summed E-state index contributed by atoms with van der Waals surface area (Å²) < 4.78 is 15.3. The minimum absolute atomic E-state index is 0.118. The molecule has 5 heteroatoms. The summed E-state index contributed by atoms with van der Waals surface area (Å²) in [5, 5.41) is 0. The number of carbonyl (C=O) groups is 2. The van der Waals surface area contributed by atoms with Crippen molar-refractivity contribution in [2.24, 2.45) is 0 Å². The summed E-state index contributed by atoms with van der Waals surface area (Å²) >= 11 is 0. The number of carbonyl (C=O) groups excluding carboxylic acids is 2. The van der Waals surface area contributed by atoms with Crippen LogP contribution in [0, 0.1) is 0 Å². The summed E-state index contributed by atoms with van der Waals surface area (Å²) in [5.41, 5.74) is -0.511. The lowest BCUT2D eigenvalue weighted by Gasteiger charge is -2.19. The van der Waals surface area contributed by atoms with Crippen LogP contribution in [0.25, 0.3) is 0 Å². The zero-order valence-corrected chi connectivity index (χ0v) is 16.7. The van der Waals surface area contributed by atoms with E-state index in [2.05, 4.69) is 6.92 Å². The summed E-state index contributed by atoms with van der Waals surface area (Å²) in [6, 6.07) is 0. The molecule has 0 fully saturated rings. The second kappa shape index (κ2) is 15.2. The molecule has 0 radical (unpaired) electrons. The molecule has 0 aromatic heterocycles. The van der Waals surface area contributed by atoms with Gasteiger partial charge in [0.15, 0.2) is 0 Å². The normalized spacial score (nSPS) is 11.4. The highest BCUT2D eigenvalue weighted by molar-refractivity contribution is 5.71. The van der Waals surface area contributed by atoms with Gasteiger partial charge in [0, 0.05) is 6.42 Å². The standard InChI is InChI=1S/C20H38O5/c1-5-6-7-8-9-10-11-12-13-14-18(21)24-16-15-23-17-19(22)25-20(2,3)4/h5-17H2,1-4H3. The smallest absolute Gasteiger partial charge is 0.332 e. The first-order valence-corrected chi connectivity index (χ1v) is 9.80. The highest BCUT2D eigenvalue weighted by atomic mass is 16.6. The van der Waals surface area contributed by atoms with Gasteiger partial charge in [-0.2, -0.15) is 0 Å². The Morgan fingerprint density at radius 1 is 0.760 bits per heavy atom. The first kappa shape index (κ1) is 23.9. The van der Waals surface area contributed by atoms with E-state index >= 15 is 0 Å². The maximum atomic E-state index is 11.6. The summed E-state index contributed by atoms with van der Waals surface area (Å²) in [6.45, 7) is 7.92. The number of esters is 2. The largest absolute Gasteiger partial charge is 0.463 e. The van der Waals surface area contributed by atoms with Crippen LogP contribution in [0.15, 0.2) is 0 Å². The van der Waals surface area contributed by atoms with Crippen molar-refractivity contribution >= 4 is 11.9 Å². The van der Waals surface area contributed by atoms with E-state index < -0.39 is 11.6 Å². The van der Waals surface area contributed by atoms with Crippen LogP contribution in [-0.2, 0) is 23.8 Å². The molecule has 0 atom stereocenters. The van der Waals surface area contributed by atoms with Crippen LogP contribution in [0.5, 0.6) is 0 Å². The third-order valence-electron chi connectivity index (χ3n) is 3.62. The van der Waals surface area contributed by atoms with E-state index in [9.17, 15) is 9.59 Å². The predicted molar refractivity (Wildman–Crippen MR) is 99.5 cm³/mol. The summed E-state index contributed by atoms with van der Waals surface area (Å²) in [7, 11) is 0. The van der Waals surface area contributed by atoms with Gasteiger partial charge in [-0.3, -0.25) is 4.79 Å². The molecule has 0 aliphatic heterocycles. The predicted octanol–water partition coefficient (Wildman–Crippen LogP) is 4.81. The molecule has 148 valence electrons. The maximum absolute atomic E-state index is 11.6. The van der Waals surface area contributed by atoms with Crippen LogP contribution in [0.4, 0.5) is 0 Å². The molecule has 25 heavy (non-hydrogen) atoms. The lowest BCUT2D eigenvalue weighted by molar-refractivity contribution is -0.161. The third kappa shape index (κ3) is 19.1. The van der Waals surface area contributed by atoms with Gasteiger partial charge in [-0.05, 0) is 27.2 Å². The fourth-order valence-electron chi connectivity index (χ4n) is 2.39. The highest BCUT2D eigenvalue weighted by Crippen LogP contribution is 2.10. The summed E-state index contributed by atoms with van der Waals surface area (Å²) in [5.74, 6) is -0.600. The molecule has 0 saturated carbocycles. The molecule has 0 aliphatic rings. The van der Waals surface area contributed by atoms with E-state index in [-0.39, 0.29) is 25.8 Å². The number of rotatable bonds is 15. The third-order valence-corrected chi connectivity index (χ3v) is 3.62. The van der Waals surface area contributed by atoms with Crippen molar-refractivity contribution in [3.05, 3.63) is 0 Å². The Bertz CT molecular complexity index is 346. The van der Waals surface area contributed by atoms with Crippen molar-refractivity contribution in [1.29, 1.82) is 0 Å². The zero-order chi connectivity index (χ0) is 19.0. The Morgan fingerprint density at radius 2 is 1.32 bits per heavy atom. The minimum atomic E-state index is -0.511. The molecule has 0 unspecified atom stereocenters. The highest BCUT2D eigenvalue weighted by Gasteiger charge is 2.16. The van der Waals surface area contributed by atoms with Gasteiger partial charge in [-0.15, -0.1) is 0 Å². The molecule has 0 N–H and O–H groups in total. The van der Waals surface area contributed by atoms with Gasteiger partial charge >= 0.3 is 11.9 Å². The number of hydrogen-bond acceptors (Lipinski definition) is 5. The molecule has 0 heterocycles. The summed E-state index contributed by atoms with van der Waals surface area (Å²) in [4.78, 5) is 23.0. The Labute approximate surface area is 153 Å². The molecule has 0 aromatic rings. The molecule has 0 aliphatic carbocycles. The van der Waals surface area contributed by atoms with Crippen molar-refractivity contribution < 1.29 is 23.8 Å². The van der Waals surface area contributed by atoms with E-state index in [4.69, 9.17) is 14.2 Å². The average molecular weight is 359 g/mol. The second-order valence-corrected chi connectivity index (χ2v) is 7.44. The molecular weight excluding hydrogens is 320 g/mol. The fraction of sp³-hybridized carbons (Fsp3) is 0.900. The van der Waals surface area contributed by atoms with Gasteiger partial charge < -0.3 is 14.2 Å². The molecule has 0 aromatic carbocycles. The monoisotopic (exact) mass is 358 g/mol. The number of unbranched alkanes of at least 4 members (excludes halogenated alkanes) is 8. The van der Waals surface area contributed by atoms with Crippen molar-refractivity contribution in [1.82, 2.24) is 0 Å². The lowest BCUT2D eigenvalue weighted by atomic mass is 10.1. The van der Waals surface area contributed by atoms with E-state index in [0.717, 1.165) is 12.8 Å². The molecule has 0 rings (SSSR count). The number of hydrogen-bond donors (Lipinski definition) is 0. The molecule has 0 bridgehead atoms. The zero-order valence-electron chi connectivity index (χ0n) is 16.7. The Morgan fingerprint density at radius 3 is 1.88 bits per heavy atom. The van der Waals surface area contributed by atoms with Crippen molar-refractivity contribution in [2.45, 2.75) is 97.5 Å². The lowest BCUT2D eigenvalue weighted by Crippen LogP contribution is -2.27. The van der Waals surface area contributed by atoms with E-state index in [1.807, 2.05) is 0 Å². The Balaban J connectivity index is 3.35. The molecule has 5 nitrogen and oxygen atoms in total. The van der Waals surface area contributed by atoms with Crippen LogP contribution in [0.2, 0.25) is 0 Å². The van der Waals surface area contributed by atoms with Gasteiger partial charge in [-0.25, -0.2) is 4.79 Å². The van der Waals surface area contributed by atoms with Crippen LogP contribution in [0.3, 0.4) is 0 Å². The van der Waals surface area contributed by atoms with Crippen molar-refractivity contribution in [3.63, 3.8) is 0 Å². The van der Waals surface area contributed by atoms with Gasteiger partial charge in [0.25, 0.3) is 0 Å².